The fourth-order valence-corrected chi connectivity index (χ4v) is 3.15. The van der Waals surface area contributed by atoms with Crippen molar-refractivity contribution in [2.45, 2.75) is 33.2 Å². The van der Waals surface area contributed by atoms with Crippen LogP contribution < -0.4 is 5.32 Å². The van der Waals surface area contributed by atoms with Crippen LogP contribution in [-0.2, 0) is 6.42 Å². The van der Waals surface area contributed by atoms with Gasteiger partial charge in [0.05, 0.1) is 11.6 Å². The third kappa shape index (κ3) is 3.27. The molecule has 1 aromatic heterocycles. The van der Waals surface area contributed by atoms with Crippen molar-refractivity contribution in [2.24, 2.45) is 0 Å². The zero-order valence-corrected chi connectivity index (χ0v) is 14.1. The van der Waals surface area contributed by atoms with Crippen molar-refractivity contribution in [3.8, 4) is 0 Å². The van der Waals surface area contributed by atoms with Crippen molar-refractivity contribution in [1.82, 2.24) is 10.3 Å². The fourth-order valence-electron chi connectivity index (χ4n) is 1.85. The van der Waals surface area contributed by atoms with Crippen molar-refractivity contribution in [3.63, 3.8) is 0 Å². The average Bonchev–Trinajstić information content (AvgIpc) is 2.90. The van der Waals surface area contributed by atoms with E-state index in [2.05, 4.69) is 33.2 Å². The summed E-state index contributed by atoms with van der Waals surface area (Å²) in [6.45, 7) is 6.03. The summed E-state index contributed by atoms with van der Waals surface area (Å²) in [5.41, 5.74) is 1.71. The minimum absolute atomic E-state index is 0.0821. The molecule has 20 heavy (non-hydrogen) atoms. The van der Waals surface area contributed by atoms with Gasteiger partial charge in [0.25, 0.3) is 5.91 Å². The number of carbonyl (C=O) groups excluding carboxylic acids is 1. The second-order valence-corrected chi connectivity index (χ2v) is 6.59. The Kier molecular flexibility index (Phi) is 4.94. The van der Waals surface area contributed by atoms with E-state index in [1.165, 1.54) is 4.88 Å². The Labute approximate surface area is 131 Å². The number of nitrogens with one attached hydrogen (secondary N) is 1. The molecule has 2 rings (SSSR count). The number of amides is 1. The summed E-state index contributed by atoms with van der Waals surface area (Å²) in [5, 5.41) is 3.94. The van der Waals surface area contributed by atoms with E-state index in [-0.39, 0.29) is 11.9 Å². The van der Waals surface area contributed by atoms with Gasteiger partial charge in [-0.3, -0.25) is 4.79 Å². The van der Waals surface area contributed by atoms with Gasteiger partial charge < -0.3 is 5.32 Å². The number of aromatic nitrogens is 1. The van der Waals surface area contributed by atoms with Crippen LogP contribution in [0.2, 0.25) is 0 Å². The van der Waals surface area contributed by atoms with Crippen LogP contribution in [0.5, 0.6) is 0 Å². The highest BCUT2D eigenvalue weighted by molar-refractivity contribution is 9.10. The SMILES string of the molecule is CCc1cnc(C(C)NC(=O)c2cccc(C)c2Br)s1. The molecular weight excluding hydrogens is 336 g/mol. The number of benzene rings is 1. The zero-order chi connectivity index (χ0) is 14.7. The van der Waals surface area contributed by atoms with Crippen LogP contribution in [-0.4, -0.2) is 10.9 Å². The summed E-state index contributed by atoms with van der Waals surface area (Å²) in [5.74, 6) is -0.0821. The number of nitrogens with zero attached hydrogens (tertiary/aromatic N) is 1. The van der Waals surface area contributed by atoms with E-state index >= 15 is 0 Å². The third-order valence-electron chi connectivity index (χ3n) is 3.07. The summed E-state index contributed by atoms with van der Waals surface area (Å²) in [6.07, 6.45) is 2.85. The minimum Gasteiger partial charge on any atom is -0.343 e. The van der Waals surface area contributed by atoms with E-state index in [0.717, 1.165) is 21.5 Å². The molecule has 0 aliphatic carbocycles. The Balaban J connectivity index is 2.13. The van der Waals surface area contributed by atoms with E-state index < -0.39 is 0 Å². The molecule has 1 atom stereocenters. The van der Waals surface area contributed by atoms with Crippen LogP contribution in [0.15, 0.2) is 28.9 Å². The lowest BCUT2D eigenvalue weighted by Crippen LogP contribution is -2.27. The highest BCUT2D eigenvalue weighted by Crippen LogP contribution is 2.23. The third-order valence-corrected chi connectivity index (χ3v) is 5.45. The minimum atomic E-state index is -0.0831. The van der Waals surface area contributed by atoms with Gasteiger partial charge in [-0.1, -0.05) is 19.1 Å². The summed E-state index contributed by atoms with van der Waals surface area (Å²) >= 11 is 5.12. The normalized spacial score (nSPS) is 12.2. The van der Waals surface area contributed by atoms with Gasteiger partial charge in [0, 0.05) is 15.5 Å². The van der Waals surface area contributed by atoms with Crippen LogP contribution in [0.25, 0.3) is 0 Å². The van der Waals surface area contributed by atoms with Gasteiger partial charge in [-0.25, -0.2) is 4.98 Å². The Morgan fingerprint density at radius 2 is 2.25 bits per heavy atom. The van der Waals surface area contributed by atoms with Crippen molar-refractivity contribution < 1.29 is 4.79 Å². The Morgan fingerprint density at radius 3 is 2.90 bits per heavy atom. The van der Waals surface area contributed by atoms with Crippen molar-refractivity contribution in [1.29, 1.82) is 0 Å². The molecule has 0 fully saturated rings. The van der Waals surface area contributed by atoms with E-state index in [1.54, 1.807) is 11.3 Å². The molecular formula is C15H17BrN2OS. The maximum absolute atomic E-state index is 12.3. The monoisotopic (exact) mass is 352 g/mol. The lowest BCUT2D eigenvalue weighted by Gasteiger charge is -2.13. The first-order valence-corrected chi connectivity index (χ1v) is 8.14. The fraction of sp³-hybridized carbons (Fsp3) is 0.333. The maximum atomic E-state index is 12.3. The van der Waals surface area contributed by atoms with Gasteiger partial charge in [-0.05, 0) is 47.8 Å². The van der Waals surface area contributed by atoms with E-state index in [1.807, 2.05) is 38.2 Å². The molecule has 3 nitrogen and oxygen atoms in total. The van der Waals surface area contributed by atoms with Gasteiger partial charge in [0.1, 0.15) is 5.01 Å². The van der Waals surface area contributed by atoms with Crippen LogP contribution >= 0.6 is 27.3 Å². The molecule has 0 saturated carbocycles. The van der Waals surface area contributed by atoms with E-state index in [9.17, 15) is 4.79 Å². The molecule has 0 radical (unpaired) electrons. The molecule has 106 valence electrons. The molecule has 1 heterocycles. The summed E-state index contributed by atoms with van der Waals surface area (Å²) in [7, 11) is 0. The first-order valence-electron chi connectivity index (χ1n) is 6.53. The number of hydrogen-bond acceptors (Lipinski definition) is 3. The molecule has 1 aromatic carbocycles. The number of thiazole rings is 1. The van der Waals surface area contributed by atoms with Gasteiger partial charge in [0.15, 0.2) is 0 Å². The van der Waals surface area contributed by atoms with Gasteiger partial charge in [0.2, 0.25) is 0 Å². The molecule has 1 unspecified atom stereocenters. The van der Waals surface area contributed by atoms with Crippen molar-refractivity contribution in [3.05, 3.63) is 49.9 Å². The molecule has 2 aromatic rings. The molecule has 0 aliphatic heterocycles. The van der Waals surface area contributed by atoms with Crippen molar-refractivity contribution >= 4 is 33.2 Å². The smallest absolute Gasteiger partial charge is 0.252 e. The molecule has 5 heteroatoms. The lowest BCUT2D eigenvalue weighted by atomic mass is 10.1. The molecule has 1 N–H and O–H groups in total. The van der Waals surface area contributed by atoms with Crippen LogP contribution in [0.1, 0.15) is 45.7 Å². The highest BCUT2D eigenvalue weighted by atomic mass is 79.9. The molecule has 1 amide bonds. The van der Waals surface area contributed by atoms with Crippen LogP contribution in [0, 0.1) is 6.92 Å². The van der Waals surface area contributed by atoms with Gasteiger partial charge in [-0.15, -0.1) is 11.3 Å². The summed E-state index contributed by atoms with van der Waals surface area (Å²) in [4.78, 5) is 17.9. The Morgan fingerprint density at radius 1 is 1.50 bits per heavy atom. The first-order chi connectivity index (χ1) is 9.52. The quantitative estimate of drug-likeness (QED) is 0.892. The van der Waals surface area contributed by atoms with E-state index in [4.69, 9.17) is 0 Å². The van der Waals surface area contributed by atoms with Gasteiger partial charge in [-0.2, -0.15) is 0 Å². The van der Waals surface area contributed by atoms with Crippen LogP contribution in [0.3, 0.4) is 0 Å². The zero-order valence-electron chi connectivity index (χ0n) is 11.7. The number of halogens is 1. The Hall–Kier alpha value is -1.20. The average molecular weight is 353 g/mol. The number of carbonyl (C=O) groups is 1. The van der Waals surface area contributed by atoms with Crippen molar-refractivity contribution in [2.75, 3.05) is 0 Å². The topological polar surface area (TPSA) is 42.0 Å². The molecule has 0 bridgehead atoms. The largest absolute Gasteiger partial charge is 0.343 e. The Bertz CT molecular complexity index is 624. The lowest BCUT2D eigenvalue weighted by molar-refractivity contribution is 0.0939. The second kappa shape index (κ2) is 6.50. The first kappa shape index (κ1) is 15.2. The second-order valence-electron chi connectivity index (χ2n) is 4.65. The van der Waals surface area contributed by atoms with Crippen LogP contribution in [0.4, 0.5) is 0 Å². The summed E-state index contributed by atoms with van der Waals surface area (Å²) < 4.78 is 0.845. The highest BCUT2D eigenvalue weighted by Gasteiger charge is 2.16. The number of hydrogen-bond donors (Lipinski definition) is 1. The maximum Gasteiger partial charge on any atom is 0.252 e. The predicted molar refractivity (Wildman–Crippen MR) is 86.3 cm³/mol. The molecule has 0 spiro atoms. The van der Waals surface area contributed by atoms with E-state index in [0.29, 0.717) is 5.56 Å². The number of aryl methyl sites for hydroxylation is 2. The standard InChI is InChI=1S/C15H17BrN2OS/c1-4-11-8-17-15(20-11)10(3)18-14(19)12-7-5-6-9(2)13(12)16/h5-8,10H,4H2,1-3H3,(H,18,19). The predicted octanol–water partition coefficient (Wildman–Crippen LogP) is 4.27. The number of rotatable bonds is 4. The molecule has 0 aliphatic rings. The van der Waals surface area contributed by atoms with Gasteiger partial charge >= 0.3 is 0 Å². The molecule has 0 saturated heterocycles. The summed E-state index contributed by atoms with van der Waals surface area (Å²) in [6, 6.07) is 5.59.